The van der Waals surface area contributed by atoms with Crippen molar-refractivity contribution in [1.82, 2.24) is 19.2 Å². The van der Waals surface area contributed by atoms with Crippen LogP contribution in [-0.4, -0.2) is 33.3 Å². The van der Waals surface area contributed by atoms with Gasteiger partial charge in [0.05, 0.1) is 11.9 Å². The number of fused-ring (bicyclic) bond motifs is 1. The Morgan fingerprint density at radius 3 is 2.76 bits per heavy atom. The predicted molar refractivity (Wildman–Crippen MR) is 85.4 cm³/mol. The molecular formula is C15H20N6. The van der Waals surface area contributed by atoms with Crippen LogP contribution >= 0.6 is 0 Å². The van der Waals surface area contributed by atoms with Crippen LogP contribution in [0.3, 0.4) is 0 Å². The normalized spacial score (nSPS) is 11.2. The van der Waals surface area contributed by atoms with Crippen LogP contribution in [0.2, 0.25) is 0 Å². The zero-order valence-electron chi connectivity index (χ0n) is 12.6. The van der Waals surface area contributed by atoms with Crippen molar-refractivity contribution in [3.05, 3.63) is 30.7 Å². The number of aryl methyl sites for hydroxylation is 1. The third-order valence-corrected chi connectivity index (χ3v) is 3.52. The van der Waals surface area contributed by atoms with Gasteiger partial charge in [-0.3, -0.25) is 9.08 Å². The van der Waals surface area contributed by atoms with Crippen LogP contribution in [0.5, 0.6) is 0 Å². The lowest BCUT2D eigenvalue weighted by atomic mass is 10.2. The fraction of sp³-hybridized carbons (Fsp3) is 0.333. The maximum absolute atomic E-state index is 6.27. The van der Waals surface area contributed by atoms with Gasteiger partial charge in [-0.2, -0.15) is 5.10 Å². The maximum atomic E-state index is 6.27. The molecule has 0 aliphatic carbocycles. The fourth-order valence-corrected chi connectivity index (χ4v) is 2.37. The monoisotopic (exact) mass is 284 g/mol. The van der Waals surface area contributed by atoms with E-state index >= 15 is 0 Å². The lowest BCUT2D eigenvalue weighted by Crippen LogP contribution is -2.09. The Labute approximate surface area is 123 Å². The third-order valence-electron chi connectivity index (χ3n) is 3.52. The summed E-state index contributed by atoms with van der Waals surface area (Å²) in [6.07, 6.45) is 6.86. The van der Waals surface area contributed by atoms with Crippen molar-refractivity contribution >= 4 is 17.2 Å². The van der Waals surface area contributed by atoms with E-state index in [9.17, 15) is 0 Å². The molecular weight excluding hydrogens is 264 g/mol. The lowest BCUT2D eigenvalue weighted by Gasteiger charge is -2.12. The van der Waals surface area contributed by atoms with Gasteiger partial charge in [0.15, 0.2) is 0 Å². The van der Waals surface area contributed by atoms with Crippen molar-refractivity contribution in [2.45, 2.75) is 19.9 Å². The van der Waals surface area contributed by atoms with Crippen molar-refractivity contribution in [3.63, 3.8) is 0 Å². The van der Waals surface area contributed by atoms with Gasteiger partial charge < -0.3 is 10.6 Å². The molecule has 0 aromatic carbocycles. The molecule has 0 saturated carbocycles. The Hall–Kier alpha value is -2.50. The number of imidazole rings is 1. The molecule has 3 rings (SSSR count). The first kappa shape index (κ1) is 13.5. The molecule has 0 aliphatic heterocycles. The number of nitrogens with zero attached hydrogens (tertiary/aromatic N) is 5. The van der Waals surface area contributed by atoms with Gasteiger partial charge in [-0.1, -0.05) is 6.92 Å². The molecule has 110 valence electrons. The first-order chi connectivity index (χ1) is 10.1. The zero-order chi connectivity index (χ0) is 15.0. The van der Waals surface area contributed by atoms with Gasteiger partial charge in [-0.15, -0.1) is 0 Å². The highest BCUT2D eigenvalue weighted by molar-refractivity contribution is 5.74. The van der Waals surface area contributed by atoms with E-state index in [1.807, 2.05) is 58.8 Å². The molecule has 3 aromatic rings. The largest absolute Gasteiger partial charge is 0.383 e. The SMILES string of the molecule is CCCn1cc(-c2nc3ccc(N(C)C)cn3c2N)cn1. The topological polar surface area (TPSA) is 64.4 Å². The molecule has 0 spiro atoms. The second kappa shape index (κ2) is 5.12. The van der Waals surface area contributed by atoms with Gasteiger partial charge in [0.25, 0.3) is 0 Å². The molecule has 0 radical (unpaired) electrons. The molecule has 0 unspecified atom stereocenters. The highest BCUT2D eigenvalue weighted by atomic mass is 15.3. The van der Waals surface area contributed by atoms with Gasteiger partial charge in [-0.05, 0) is 18.6 Å². The van der Waals surface area contributed by atoms with Crippen molar-refractivity contribution in [3.8, 4) is 11.3 Å². The van der Waals surface area contributed by atoms with Gasteiger partial charge in [0.1, 0.15) is 17.2 Å². The number of anilines is 2. The number of rotatable bonds is 4. The van der Waals surface area contributed by atoms with Gasteiger partial charge >= 0.3 is 0 Å². The van der Waals surface area contributed by atoms with E-state index < -0.39 is 0 Å². The quantitative estimate of drug-likeness (QED) is 0.798. The first-order valence-corrected chi connectivity index (χ1v) is 7.08. The van der Waals surface area contributed by atoms with E-state index in [1.165, 1.54) is 0 Å². The minimum Gasteiger partial charge on any atom is -0.383 e. The molecule has 0 atom stereocenters. The Morgan fingerprint density at radius 1 is 1.24 bits per heavy atom. The zero-order valence-corrected chi connectivity index (χ0v) is 12.6. The summed E-state index contributed by atoms with van der Waals surface area (Å²) in [7, 11) is 4.01. The molecule has 21 heavy (non-hydrogen) atoms. The number of hydrogen-bond donors (Lipinski definition) is 1. The van der Waals surface area contributed by atoms with E-state index in [2.05, 4.69) is 17.0 Å². The first-order valence-electron chi connectivity index (χ1n) is 7.08. The van der Waals surface area contributed by atoms with E-state index in [0.29, 0.717) is 5.82 Å². The second-order valence-electron chi connectivity index (χ2n) is 5.35. The van der Waals surface area contributed by atoms with Gasteiger partial charge in [0.2, 0.25) is 0 Å². The average molecular weight is 284 g/mol. The van der Waals surface area contributed by atoms with Crippen molar-refractivity contribution < 1.29 is 0 Å². The summed E-state index contributed by atoms with van der Waals surface area (Å²) in [6.45, 7) is 3.03. The highest BCUT2D eigenvalue weighted by Crippen LogP contribution is 2.27. The third kappa shape index (κ3) is 2.33. The Bertz CT molecular complexity index is 768. The average Bonchev–Trinajstić information content (AvgIpc) is 3.04. The van der Waals surface area contributed by atoms with E-state index in [-0.39, 0.29) is 0 Å². The fourth-order valence-electron chi connectivity index (χ4n) is 2.37. The molecule has 3 aromatic heterocycles. The van der Waals surface area contributed by atoms with E-state index in [0.717, 1.165) is 35.6 Å². The summed E-state index contributed by atoms with van der Waals surface area (Å²) in [6, 6.07) is 4.01. The summed E-state index contributed by atoms with van der Waals surface area (Å²) in [5.41, 5.74) is 9.94. The van der Waals surface area contributed by atoms with Crippen molar-refractivity contribution in [1.29, 1.82) is 0 Å². The standard InChI is InChI=1S/C15H20N6/c1-4-7-20-9-11(8-17-20)14-15(16)21-10-12(19(2)3)5-6-13(21)18-14/h5-6,8-10H,4,7,16H2,1-3H3. The molecule has 2 N–H and O–H groups in total. The molecule has 0 fully saturated rings. The van der Waals surface area contributed by atoms with E-state index in [1.54, 1.807) is 0 Å². The second-order valence-corrected chi connectivity index (χ2v) is 5.35. The number of aromatic nitrogens is 4. The number of nitrogens with two attached hydrogens (primary N) is 1. The smallest absolute Gasteiger partial charge is 0.139 e. The van der Waals surface area contributed by atoms with Crippen molar-refractivity contribution in [2.24, 2.45) is 0 Å². The number of nitrogen functional groups attached to an aromatic ring is 1. The summed E-state index contributed by atoms with van der Waals surface area (Å²) in [4.78, 5) is 6.66. The molecule has 6 heteroatoms. The lowest BCUT2D eigenvalue weighted by molar-refractivity contribution is 0.603. The van der Waals surface area contributed by atoms with Crippen LogP contribution in [0.4, 0.5) is 11.5 Å². The summed E-state index contributed by atoms with van der Waals surface area (Å²) in [5, 5.41) is 4.34. The highest BCUT2D eigenvalue weighted by Gasteiger charge is 2.13. The number of hydrogen-bond acceptors (Lipinski definition) is 4. The minimum absolute atomic E-state index is 0.643. The van der Waals surface area contributed by atoms with Gasteiger partial charge in [0, 0.05) is 38.6 Å². The van der Waals surface area contributed by atoms with Crippen molar-refractivity contribution in [2.75, 3.05) is 24.7 Å². The van der Waals surface area contributed by atoms with Crippen LogP contribution < -0.4 is 10.6 Å². The maximum Gasteiger partial charge on any atom is 0.139 e. The van der Waals surface area contributed by atoms with Crippen LogP contribution in [0.25, 0.3) is 16.9 Å². The molecule has 0 bridgehead atoms. The summed E-state index contributed by atoms with van der Waals surface area (Å²) >= 11 is 0. The molecule has 0 amide bonds. The molecule has 0 saturated heterocycles. The van der Waals surface area contributed by atoms with Crippen LogP contribution in [0.15, 0.2) is 30.7 Å². The van der Waals surface area contributed by atoms with Crippen LogP contribution in [0.1, 0.15) is 13.3 Å². The Kier molecular flexibility index (Phi) is 3.29. The Balaban J connectivity index is 2.08. The molecule has 0 aliphatic rings. The minimum atomic E-state index is 0.643. The Morgan fingerprint density at radius 2 is 2.05 bits per heavy atom. The summed E-state index contributed by atoms with van der Waals surface area (Å²) < 4.78 is 3.84. The predicted octanol–water partition coefficient (Wildman–Crippen LogP) is 2.26. The number of pyridine rings is 1. The van der Waals surface area contributed by atoms with Crippen LogP contribution in [0, 0.1) is 0 Å². The van der Waals surface area contributed by atoms with Gasteiger partial charge in [-0.25, -0.2) is 4.98 Å². The van der Waals surface area contributed by atoms with E-state index in [4.69, 9.17) is 5.73 Å². The molecule has 3 heterocycles. The van der Waals surface area contributed by atoms with Crippen LogP contribution in [-0.2, 0) is 6.54 Å². The summed E-state index contributed by atoms with van der Waals surface area (Å²) in [5.74, 6) is 0.643. The molecule has 6 nitrogen and oxygen atoms in total.